The lowest BCUT2D eigenvalue weighted by molar-refractivity contribution is -0.121. The summed E-state index contributed by atoms with van der Waals surface area (Å²) < 4.78 is 5.74. The van der Waals surface area contributed by atoms with E-state index in [0.29, 0.717) is 11.5 Å². The van der Waals surface area contributed by atoms with Gasteiger partial charge in [0.1, 0.15) is 11.5 Å². The normalized spacial score (nSPS) is 15.1. The van der Waals surface area contributed by atoms with Crippen LogP contribution in [0.5, 0.6) is 11.5 Å². The van der Waals surface area contributed by atoms with Crippen LogP contribution < -0.4 is 10.1 Å². The number of benzene rings is 2. The number of likely N-dealkylation sites (tertiary alicyclic amines) is 1. The first-order chi connectivity index (χ1) is 15.3. The second kappa shape index (κ2) is 10.5. The first kappa shape index (κ1) is 20.8. The summed E-state index contributed by atoms with van der Waals surface area (Å²) in [6.45, 7) is 2.80. The Morgan fingerprint density at radius 2 is 1.77 bits per heavy atom. The molecular formula is C26H27N3O2. The highest BCUT2D eigenvalue weighted by Gasteiger charge is 2.24. The minimum Gasteiger partial charge on any atom is -0.456 e. The van der Waals surface area contributed by atoms with E-state index in [0.717, 1.165) is 38.2 Å². The summed E-state index contributed by atoms with van der Waals surface area (Å²) in [6.07, 6.45) is 9.49. The zero-order valence-electron chi connectivity index (χ0n) is 17.5. The van der Waals surface area contributed by atoms with Gasteiger partial charge in [0.2, 0.25) is 5.91 Å². The molecule has 2 aromatic carbocycles. The highest BCUT2D eigenvalue weighted by molar-refractivity contribution is 5.92. The van der Waals surface area contributed by atoms with E-state index in [2.05, 4.69) is 39.5 Å². The van der Waals surface area contributed by atoms with Crippen molar-refractivity contribution < 1.29 is 9.53 Å². The Balaban J connectivity index is 1.21. The molecule has 5 nitrogen and oxygen atoms in total. The number of carbonyl (C=O) groups excluding carboxylic acids is 1. The van der Waals surface area contributed by atoms with Gasteiger partial charge in [-0.3, -0.25) is 14.7 Å². The largest absolute Gasteiger partial charge is 0.456 e. The Morgan fingerprint density at radius 3 is 2.48 bits per heavy atom. The Hall–Kier alpha value is -3.44. The van der Waals surface area contributed by atoms with Gasteiger partial charge in [-0.15, -0.1) is 0 Å². The molecule has 2 heterocycles. The highest BCUT2D eigenvalue weighted by Crippen LogP contribution is 2.24. The fourth-order valence-electron chi connectivity index (χ4n) is 3.67. The van der Waals surface area contributed by atoms with Crippen molar-refractivity contribution in [3.05, 3.63) is 90.8 Å². The van der Waals surface area contributed by atoms with E-state index < -0.39 is 0 Å². The van der Waals surface area contributed by atoms with E-state index >= 15 is 0 Å². The molecule has 0 unspecified atom stereocenters. The number of amides is 1. The second-order valence-corrected chi connectivity index (χ2v) is 7.69. The van der Waals surface area contributed by atoms with Gasteiger partial charge in [0, 0.05) is 24.3 Å². The van der Waals surface area contributed by atoms with E-state index in [1.165, 1.54) is 5.56 Å². The third-order valence-electron chi connectivity index (χ3n) is 5.42. The lowest BCUT2D eigenvalue weighted by Gasteiger charge is -2.30. The molecule has 4 rings (SSSR count). The molecule has 1 fully saturated rings. The van der Waals surface area contributed by atoms with Crippen LogP contribution in [-0.2, 0) is 4.79 Å². The zero-order valence-corrected chi connectivity index (χ0v) is 17.5. The molecule has 0 atom stereocenters. The van der Waals surface area contributed by atoms with Crippen molar-refractivity contribution in [2.24, 2.45) is 5.92 Å². The Morgan fingerprint density at radius 1 is 1.00 bits per heavy atom. The monoisotopic (exact) mass is 413 g/mol. The lowest BCUT2D eigenvalue weighted by Crippen LogP contribution is -2.38. The molecule has 0 bridgehead atoms. The van der Waals surface area contributed by atoms with E-state index in [-0.39, 0.29) is 11.8 Å². The van der Waals surface area contributed by atoms with Crippen molar-refractivity contribution >= 4 is 17.7 Å². The number of nitrogens with zero attached hydrogens (tertiary/aromatic N) is 2. The molecule has 1 aliphatic rings. The Labute approximate surface area is 183 Å². The van der Waals surface area contributed by atoms with Gasteiger partial charge >= 0.3 is 0 Å². The number of pyridine rings is 1. The fraction of sp³-hybridized carbons (Fsp3) is 0.231. The number of nitrogens with one attached hydrogen (secondary N) is 1. The van der Waals surface area contributed by atoms with Gasteiger partial charge in [-0.1, -0.05) is 42.5 Å². The molecule has 3 aromatic rings. The van der Waals surface area contributed by atoms with Crippen molar-refractivity contribution in [2.45, 2.75) is 12.8 Å². The van der Waals surface area contributed by atoms with Crippen LogP contribution in [0.4, 0.5) is 5.69 Å². The van der Waals surface area contributed by atoms with Crippen LogP contribution in [0.15, 0.2) is 85.2 Å². The van der Waals surface area contributed by atoms with E-state index in [9.17, 15) is 4.79 Å². The number of rotatable bonds is 7. The topological polar surface area (TPSA) is 54.5 Å². The van der Waals surface area contributed by atoms with Gasteiger partial charge in [-0.05, 0) is 67.9 Å². The van der Waals surface area contributed by atoms with E-state index in [1.54, 1.807) is 12.4 Å². The maximum atomic E-state index is 12.7. The van der Waals surface area contributed by atoms with Crippen molar-refractivity contribution in [2.75, 3.05) is 25.0 Å². The van der Waals surface area contributed by atoms with Crippen LogP contribution >= 0.6 is 0 Å². The molecule has 0 aliphatic carbocycles. The molecule has 0 radical (unpaired) electrons. The van der Waals surface area contributed by atoms with Gasteiger partial charge < -0.3 is 10.1 Å². The molecule has 1 aromatic heterocycles. The van der Waals surface area contributed by atoms with Crippen LogP contribution in [0.25, 0.3) is 6.08 Å². The van der Waals surface area contributed by atoms with Crippen LogP contribution in [0.3, 0.4) is 0 Å². The molecule has 0 spiro atoms. The average Bonchev–Trinajstić information content (AvgIpc) is 2.82. The maximum absolute atomic E-state index is 12.7. The highest BCUT2D eigenvalue weighted by atomic mass is 16.5. The SMILES string of the molecule is O=C(Nc1ccc(Oc2cccnc2)cc1)C1CCN(C/C=C/c2ccccc2)CC1. The van der Waals surface area contributed by atoms with Gasteiger partial charge in [0.25, 0.3) is 0 Å². The van der Waals surface area contributed by atoms with Gasteiger partial charge in [0.05, 0.1) is 6.20 Å². The number of aromatic nitrogens is 1. The molecular weight excluding hydrogens is 386 g/mol. The van der Waals surface area contributed by atoms with Crippen molar-refractivity contribution in [3.8, 4) is 11.5 Å². The quantitative estimate of drug-likeness (QED) is 0.576. The minimum absolute atomic E-state index is 0.0562. The van der Waals surface area contributed by atoms with Crippen LogP contribution in [0, 0.1) is 5.92 Å². The summed E-state index contributed by atoms with van der Waals surface area (Å²) in [5.41, 5.74) is 2.00. The standard InChI is InChI=1S/C26H27N3O2/c30-26(28-23-10-12-24(13-11-23)31-25-9-4-16-27-20-25)22-14-18-29(19-15-22)17-5-8-21-6-2-1-3-7-21/h1-13,16,20,22H,14-15,17-19H2,(H,28,30)/b8-5+. The molecule has 158 valence electrons. The molecule has 1 saturated heterocycles. The van der Waals surface area contributed by atoms with Gasteiger partial charge in [-0.2, -0.15) is 0 Å². The number of hydrogen-bond donors (Lipinski definition) is 1. The van der Waals surface area contributed by atoms with Crippen molar-refractivity contribution in [1.82, 2.24) is 9.88 Å². The van der Waals surface area contributed by atoms with Gasteiger partial charge in [-0.25, -0.2) is 0 Å². The van der Waals surface area contributed by atoms with Crippen LogP contribution in [0.1, 0.15) is 18.4 Å². The third-order valence-corrected chi connectivity index (χ3v) is 5.42. The summed E-state index contributed by atoms with van der Waals surface area (Å²) in [5, 5.41) is 3.04. The zero-order chi connectivity index (χ0) is 21.3. The molecule has 5 heteroatoms. The second-order valence-electron chi connectivity index (χ2n) is 7.69. The summed E-state index contributed by atoms with van der Waals surface area (Å²) in [4.78, 5) is 19.1. The average molecular weight is 414 g/mol. The predicted molar refractivity (Wildman–Crippen MR) is 124 cm³/mol. The summed E-state index contributed by atoms with van der Waals surface area (Å²) in [5.74, 6) is 1.55. The number of anilines is 1. The fourth-order valence-corrected chi connectivity index (χ4v) is 3.67. The smallest absolute Gasteiger partial charge is 0.227 e. The maximum Gasteiger partial charge on any atom is 0.227 e. The Bertz CT molecular complexity index is 980. The van der Waals surface area contributed by atoms with E-state index in [4.69, 9.17) is 4.74 Å². The summed E-state index contributed by atoms with van der Waals surface area (Å²) in [6, 6.07) is 21.4. The number of carbonyl (C=O) groups is 1. The first-order valence-corrected chi connectivity index (χ1v) is 10.7. The number of hydrogen-bond acceptors (Lipinski definition) is 4. The van der Waals surface area contributed by atoms with Crippen molar-refractivity contribution in [1.29, 1.82) is 0 Å². The number of ether oxygens (including phenoxy) is 1. The predicted octanol–water partition coefficient (Wildman–Crippen LogP) is 5.24. The number of piperidine rings is 1. The molecule has 1 aliphatic heterocycles. The lowest BCUT2D eigenvalue weighted by atomic mass is 9.96. The Kier molecular flexibility index (Phi) is 7.08. The van der Waals surface area contributed by atoms with Crippen LogP contribution in [0.2, 0.25) is 0 Å². The van der Waals surface area contributed by atoms with Crippen LogP contribution in [-0.4, -0.2) is 35.4 Å². The summed E-state index contributed by atoms with van der Waals surface area (Å²) in [7, 11) is 0. The molecule has 1 amide bonds. The first-order valence-electron chi connectivity index (χ1n) is 10.7. The molecule has 1 N–H and O–H groups in total. The third kappa shape index (κ3) is 6.27. The van der Waals surface area contributed by atoms with Gasteiger partial charge in [0.15, 0.2) is 0 Å². The van der Waals surface area contributed by atoms with E-state index in [1.807, 2.05) is 54.6 Å². The van der Waals surface area contributed by atoms with Crippen molar-refractivity contribution in [3.63, 3.8) is 0 Å². The molecule has 31 heavy (non-hydrogen) atoms. The minimum atomic E-state index is 0.0562. The molecule has 0 saturated carbocycles. The summed E-state index contributed by atoms with van der Waals surface area (Å²) >= 11 is 0.